The van der Waals surface area contributed by atoms with Crippen LogP contribution in [0, 0.1) is 0 Å². The predicted octanol–water partition coefficient (Wildman–Crippen LogP) is 0.762. The highest BCUT2D eigenvalue weighted by molar-refractivity contribution is 5.78. The molecule has 2 aliphatic heterocycles. The minimum absolute atomic E-state index is 0.0904. The van der Waals surface area contributed by atoms with E-state index in [4.69, 9.17) is 0 Å². The van der Waals surface area contributed by atoms with E-state index >= 15 is 0 Å². The van der Waals surface area contributed by atoms with Crippen molar-refractivity contribution in [2.45, 2.75) is 19.4 Å². The summed E-state index contributed by atoms with van der Waals surface area (Å²) in [6, 6.07) is 0.228. The van der Waals surface area contributed by atoms with Gasteiger partial charge in [-0.05, 0) is 6.42 Å². The van der Waals surface area contributed by atoms with Gasteiger partial charge in [-0.25, -0.2) is 4.99 Å². The Bertz CT molecular complexity index is 327. The molecule has 0 aliphatic carbocycles. The zero-order chi connectivity index (χ0) is 10.8. The maximum Gasteiger partial charge on any atom is 0.219 e. The lowest BCUT2D eigenvalue weighted by atomic mass is 10.2. The van der Waals surface area contributed by atoms with Crippen LogP contribution in [-0.4, -0.2) is 47.3 Å². The molecule has 2 aliphatic rings. The van der Waals surface area contributed by atoms with Gasteiger partial charge in [-0.3, -0.25) is 4.79 Å². The normalized spacial score (nSPS) is 25.7. The average Bonchev–Trinajstić information content (AvgIpc) is 2.66. The second-order valence-electron chi connectivity index (χ2n) is 3.88. The molecule has 1 atom stereocenters. The van der Waals surface area contributed by atoms with E-state index < -0.39 is 0 Å². The SMILES string of the molecule is CC(=O)N1CCC(N2C=CN=C(F)C2)C1. The molecule has 1 saturated heterocycles. The fraction of sp³-hybridized carbons (Fsp3) is 0.600. The molecule has 5 heteroatoms. The van der Waals surface area contributed by atoms with Crippen LogP contribution in [0.25, 0.3) is 0 Å². The summed E-state index contributed by atoms with van der Waals surface area (Å²) >= 11 is 0. The summed E-state index contributed by atoms with van der Waals surface area (Å²) in [6.45, 7) is 3.25. The molecule has 0 spiro atoms. The van der Waals surface area contributed by atoms with Crippen molar-refractivity contribution in [1.82, 2.24) is 9.80 Å². The number of carbonyl (C=O) groups excluding carboxylic acids is 1. The number of nitrogens with zero attached hydrogens (tertiary/aromatic N) is 3. The molecule has 82 valence electrons. The highest BCUT2D eigenvalue weighted by Gasteiger charge is 2.28. The van der Waals surface area contributed by atoms with E-state index in [0.717, 1.165) is 13.0 Å². The summed E-state index contributed by atoms with van der Waals surface area (Å²) in [4.78, 5) is 18.4. The third kappa shape index (κ3) is 2.16. The first-order chi connectivity index (χ1) is 7.16. The molecule has 0 aromatic heterocycles. The van der Waals surface area contributed by atoms with Crippen molar-refractivity contribution in [1.29, 1.82) is 0 Å². The lowest BCUT2D eigenvalue weighted by Gasteiger charge is -2.27. The summed E-state index contributed by atoms with van der Waals surface area (Å²) < 4.78 is 12.9. The summed E-state index contributed by atoms with van der Waals surface area (Å²) in [5.74, 6) is -0.272. The van der Waals surface area contributed by atoms with Crippen molar-refractivity contribution in [2.24, 2.45) is 4.99 Å². The van der Waals surface area contributed by atoms with Crippen molar-refractivity contribution in [3.8, 4) is 0 Å². The fourth-order valence-corrected chi connectivity index (χ4v) is 1.99. The van der Waals surface area contributed by atoms with Crippen LogP contribution in [0.5, 0.6) is 0 Å². The second-order valence-corrected chi connectivity index (χ2v) is 3.88. The Labute approximate surface area is 88.1 Å². The van der Waals surface area contributed by atoms with Gasteiger partial charge in [-0.1, -0.05) is 0 Å². The fourth-order valence-electron chi connectivity index (χ4n) is 1.99. The zero-order valence-corrected chi connectivity index (χ0v) is 8.69. The quantitative estimate of drug-likeness (QED) is 0.642. The molecule has 1 unspecified atom stereocenters. The second kappa shape index (κ2) is 4.00. The van der Waals surface area contributed by atoms with Gasteiger partial charge >= 0.3 is 0 Å². The van der Waals surface area contributed by atoms with E-state index in [9.17, 15) is 9.18 Å². The van der Waals surface area contributed by atoms with Gasteiger partial charge in [-0.2, -0.15) is 4.39 Å². The predicted molar refractivity (Wildman–Crippen MR) is 55.0 cm³/mol. The van der Waals surface area contributed by atoms with Gasteiger partial charge in [0, 0.05) is 38.5 Å². The molecular formula is C10H14FN3O. The smallest absolute Gasteiger partial charge is 0.219 e. The molecule has 0 aromatic rings. The first-order valence-electron chi connectivity index (χ1n) is 5.07. The largest absolute Gasteiger partial charge is 0.363 e. The maximum atomic E-state index is 12.9. The van der Waals surface area contributed by atoms with Crippen molar-refractivity contribution < 1.29 is 9.18 Å². The summed E-state index contributed by atoms with van der Waals surface area (Å²) in [5.41, 5.74) is 0. The van der Waals surface area contributed by atoms with Gasteiger partial charge < -0.3 is 9.80 Å². The van der Waals surface area contributed by atoms with Crippen LogP contribution < -0.4 is 0 Å². The highest BCUT2D eigenvalue weighted by Crippen LogP contribution is 2.17. The average molecular weight is 211 g/mol. The minimum atomic E-state index is -0.362. The topological polar surface area (TPSA) is 35.9 Å². The molecule has 4 nitrogen and oxygen atoms in total. The zero-order valence-electron chi connectivity index (χ0n) is 8.69. The van der Waals surface area contributed by atoms with Crippen LogP contribution in [0.1, 0.15) is 13.3 Å². The molecule has 2 rings (SSSR count). The van der Waals surface area contributed by atoms with Gasteiger partial charge in [0.05, 0.1) is 6.54 Å². The van der Waals surface area contributed by atoms with Crippen LogP contribution in [0.2, 0.25) is 0 Å². The first-order valence-corrected chi connectivity index (χ1v) is 5.07. The lowest BCUT2D eigenvalue weighted by Crippen LogP contribution is -2.38. The van der Waals surface area contributed by atoms with E-state index in [1.165, 1.54) is 6.20 Å². The van der Waals surface area contributed by atoms with Gasteiger partial charge in [0.1, 0.15) is 0 Å². The number of hydrogen-bond donors (Lipinski definition) is 0. The third-order valence-electron chi connectivity index (χ3n) is 2.86. The molecule has 0 radical (unpaired) electrons. The number of halogens is 1. The summed E-state index contributed by atoms with van der Waals surface area (Å²) in [6.07, 6.45) is 4.16. The van der Waals surface area contributed by atoms with Crippen LogP contribution in [0.4, 0.5) is 4.39 Å². The lowest BCUT2D eigenvalue weighted by molar-refractivity contribution is -0.127. The highest BCUT2D eigenvalue weighted by atomic mass is 19.1. The van der Waals surface area contributed by atoms with Crippen molar-refractivity contribution >= 4 is 11.9 Å². The Morgan fingerprint density at radius 1 is 1.67 bits per heavy atom. The van der Waals surface area contributed by atoms with Crippen molar-refractivity contribution in [2.75, 3.05) is 19.6 Å². The van der Waals surface area contributed by atoms with E-state index in [1.807, 2.05) is 4.90 Å². The van der Waals surface area contributed by atoms with Crippen LogP contribution in [0.15, 0.2) is 17.4 Å². The Morgan fingerprint density at radius 2 is 2.47 bits per heavy atom. The number of hydrogen-bond acceptors (Lipinski definition) is 3. The number of likely N-dealkylation sites (tertiary alicyclic amines) is 1. The summed E-state index contributed by atoms with van der Waals surface area (Å²) in [5, 5.41) is 0. The first kappa shape index (κ1) is 10.1. The molecule has 0 aromatic carbocycles. The standard InChI is InChI=1S/C10H14FN3O/c1-8(15)13-4-2-9(6-13)14-5-3-12-10(11)7-14/h3,5,9H,2,4,6-7H2,1H3. The van der Waals surface area contributed by atoms with Crippen LogP contribution in [-0.2, 0) is 4.79 Å². The van der Waals surface area contributed by atoms with E-state index in [1.54, 1.807) is 18.0 Å². The minimum Gasteiger partial charge on any atom is -0.363 e. The third-order valence-corrected chi connectivity index (χ3v) is 2.86. The maximum absolute atomic E-state index is 12.9. The van der Waals surface area contributed by atoms with E-state index in [2.05, 4.69) is 4.99 Å². The Morgan fingerprint density at radius 3 is 3.07 bits per heavy atom. The Hall–Kier alpha value is -1.39. The molecule has 15 heavy (non-hydrogen) atoms. The molecule has 0 N–H and O–H groups in total. The number of carbonyl (C=O) groups is 1. The summed E-state index contributed by atoms with van der Waals surface area (Å²) in [7, 11) is 0. The molecule has 0 bridgehead atoms. The molecule has 2 heterocycles. The van der Waals surface area contributed by atoms with Crippen molar-refractivity contribution in [3.05, 3.63) is 12.4 Å². The van der Waals surface area contributed by atoms with E-state index in [0.29, 0.717) is 6.54 Å². The van der Waals surface area contributed by atoms with Crippen molar-refractivity contribution in [3.63, 3.8) is 0 Å². The van der Waals surface area contributed by atoms with E-state index in [-0.39, 0.29) is 24.5 Å². The monoisotopic (exact) mass is 211 g/mol. The molecular weight excluding hydrogens is 197 g/mol. The van der Waals surface area contributed by atoms with Crippen LogP contribution in [0.3, 0.4) is 0 Å². The Kier molecular flexibility index (Phi) is 2.70. The number of rotatable bonds is 1. The number of amides is 1. The van der Waals surface area contributed by atoms with Gasteiger partial charge in [0.15, 0.2) is 0 Å². The molecule has 0 saturated carbocycles. The van der Waals surface area contributed by atoms with Gasteiger partial charge in [-0.15, -0.1) is 0 Å². The van der Waals surface area contributed by atoms with Gasteiger partial charge in [0.2, 0.25) is 11.9 Å². The molecule has 1 fully saturated rings. The Balaban J connectivity index is 1.94. The van der Waals surface area contributed by atoms with Crippen LogP contribution >= 0.6 is 0 Å². The van der Waals surface area contributed by atoms with Gasteiger partial charge in [0.25, 0.3) is 0 Å². The molecule has 1 amide bonds. The number of aliphatic imine (C=N–C) groups is 1.